The number of carboxylic acid groups (broad SMARTS) is 2. The van der Waals surface area contributed by atoms with Crippen LogP contribution in [0.1, 0.15) is 12.0 Å². The standard InChI is InChI=1S/C14H18N2O5/c1-10-4-2-3-5-11(10)15-12(17)8-16(9-14(20)21)7-6-13(18)19/h2-5H,6-9H2,1H3,(H,15,17)(H,18,19)(H,20,21). The van der Waals surface area contributed by atoms with Gasteiger partial charge in [-0.25, -0.2) is 0 Å². The molecule has 7 heteroatoms. The zero-order valence-corrected chi connectivity index (χ0v) is 11.7. The van der Waals surface area contributed by atoms with Crippen molar-refractivity contribution in [1.82, 2.24) is 4.90 Å². The highest BCUT2D eigenvalue weighted by molar-refractivity contribution is 5.93. The minimum absolute atomic E-state index is 0.00280. The summed E-state index contributed by atoms with van der Waals surface area (Å²) < 4.78 is 0. The van der Waals surface area contributed by atoms with Gasteiger partial charge in [0.25, 0.3) is 0 Å². The number of anilines is 1. The van der Waals surface area contributed by atoms with Crippen molar-refractivity contribution in [2.75, 3.05) is 25.0 Å². The van der Waals surface area contributed by atoms with Gasteiger partial charge >= 0.3 is 11.9 Å². The third kappa shape index (κ3) is 6.53. The van der Waals surface area contributed by atoms with E-state index >= 15 is 0 Å². The highest BCUT2D eigenvalue weighted by atomic mass is 16.4. The van der Waals surface area contributed by atoms with Gasteiger partial charge < -0.3 is 15.5 Å². The van der Waals surface area contributed by atoms with Gasteiger partial charge in [0.15, 0.2) is 0 Å². The quantitative estimate of drug-likeness (QED) is 0.654. The van der Waals surface area contributed by atoms with E-state index in [1.54, 1.807) is 12.1 Å². The van der Waals surface area contributed by atoms with E-state index in [1.165, 1.54) is 4.90 Å². The number of aryl methyl sites for hydroxylation is 1. The van der Waals surface area contributed by atoms with E-state index in [-0.39, 0.29) is 32.0 Å². The average molecular weight is 294 g/mol. The van der Waals surface area contributed by atoms with Crippen molar-refractivity contribution in [2.24, 2.45) is 0 Å². The number of carboxylic acids is 2. The molecule has 0 fully saturated rings. The van der Waals surface area contributed by atoms with Gasteiger partial charge in [0, 0.05) is 12.2 Å². The highest BCUT2D eigenvalue weighted by Crippen LogP contribution is 2.12. The summed E-state index contributed by atoms with van der Waals surface area (Å²) >= 11 is 0. The van der Waals surface area contributed by atoms with Crippen LogP contribution in [-0.2, 0) is 14.4 Å². The lowest BCUT2D eigenvalue weighted by molar-refractivity contribution is -0.141. The molecular formula is C14H18N2O5. The number of amides is 1. The normalized spacial score (nSPS) is 10.4. The number of benzene rings is 1. The number of nitrogens with zero attached hydrogens (tertiary/aromatic N) is 1. The topological polar surface area (TPSA) is 107 Å². The minimum Gasteiger partial charge on any atom is -0.481 e. The molecular weight excluding hydrogens is 276 g/mol. The van der Waals surface area contributed by atoms with Gasteiger partial charge in [-0.1, -0.05) is 18.2 Å². The van der Waals surface area contributed by atoms with Gasteiger partial charge in [0.05, 0.1) is 19.5 Å². The van der Waals surface area contributed by atoms with Crippen LogP contribution in [0, 0.1) is 6.92 Å². The number of hydrogen-bond acceptors (Lipinski definition) is 4. The summed E-state index contributed by atoms with van der Waals surface area (Å²) in [5.41, 5.74) is 1.54. The SMILES string of the molecule is Cc1ccccc1NC(=O)CN(CCC(=O)O)CC(=O)O. The van der Waals surface area contributed by atoms with Crippen LogP contribution in [0.5, 0.6) is 0 Å². The molecule has 0 aliphatic heterocycles. The molecule has 0 aliphatic carbocycles. The monoisotopic (exact) mass is 294 g/mol. The summed E-state index contributed by atoms with van der Waals surface area (Å²) in [6.07, 6.45) is -0.217. The van der Waals surface area contributed by atoms with Gasteiger partial charge in [0.2, 0.25) is 5.91 Å². The van der Waals surface area contributed by atoms with Crippen LogP contribution >= 0.6 is 0 Å². The second-order valence-corrected chi connectivity index (χ2v) is 4.61. The molecule has 0 atom stereocenters. The molecule has 0 saturated carbocycles. The first-order chi connectivity index (χ1) is 9.88. The van der Waals surface area contributed by atoms with Crippen molar-refractivity contribution >= 4 is 23.5 Å². The average Bonchev–Trinajstić information content (AvgIpc) is 2.38. The molecule has 0 bridgehead atoms. The zero-order chi connectivity index (χ0) is 15.8. The number of carbonyl (C=O) groups excluding carboxylic acids is 1. The molecule has 3 N–H and O–H groups in total. The molecule has 21 heavy (non-hydrogen) atoms. The number of aliphatic carboxylic acids is 2. The Morgan fingerprint density at radius 2 is 1.76 bits per heavy atom. The van der Waals surface area contributed by atoms with Gasteiger partial charge in [-0.2, -0.15) is 0 Å². The fourth-order valence-corrected chi connectivity index (χ4v) is 1.77. The summed E-state index contributed by atoms with van der Waals surface area (Å²) in [6, 6.07) is 7.21. The lowest BCUT2D eigenvalue weighted by Crippen LogP contribution is -2.38. The number of rotatable bonds is 8. The maximum Gasteiger partial charge on any atom is 0.317 e. The fourth-order valence-electron chi connectivity index (χ4n) is 1.77. The third-order valence-electron chi connectivity index (χ3n) is 2.79. The number of hydrogen-bond donors (Lipinski definition) is 3. The van der Waals surface area contributed by atoms with Crippen molar-refractivity contribution in [2.45, 2.75) is 13.3 Å². The minimum atomic E-state index is -1.11. The number of nitrogens with one attached hydrogen (secondary N) is 1. The van der Waals surface area contributed by atoms with Gasteiger partial charge in [-0.05, 0) is 18.6 Å². The van der Waals surface area contributed by atoms with E-state index in [0.717, 1.165) is 5.56 Å². The van der Waals surface area contributed by atoms with Crippen LogP contribution in [0.15, 0.2) is 24.3 Å². The van der Waals surface area contributed by atoms with Crippen LogP contribution in [-0.4, -0.2) is 52.6 Å². The van der Waals surface area contributed by atoms with E-state index in [1.807, 2.05) is 19.1 Å². The summed E-state index contributed by atoms with van der Waals surface area (Å²) in [4.78, 5) is 34.5. The Morgan fingerprint density at radius 1 is 1.10 bits per heavy atom. The van der Waals surface area contributed by atoms with Crippen molar-refractivity contribution in [3.05, 3.63) is 29.8 Å². The molecule has 1 aromatic carbocycles. The predicted octanol–water partition coefficient (Wildman–Crippen LogP) is 0.795. The fraction of sp³-hybridized carbons (Fsp3) is 0.357. The van der Waals surface area contributed by atoms with E-state index < -0.39 is 11.9 Å². The van der Waals surface area contributed by atoms with Gasteiger partial charge in [-0.3, -0.25) is 19.3 Å². The molecule has 0 heterocycles. The molecule has 1 aromatic rings. The summed E-state index contributed by atoms with van der Waals surface area (Å²) in [5, 5.41) is 20.1. The predicted molar refractivity (Wildman–Crippen MR) is 76.1 cm³/mol. The largest absolute Gasteiger partial charge is 0.481 e. The third-order valence-corrected chi connectivity index (χ3v) is 2.79. The molecule has 0 saturated heterocycles. The second-order valence-electron chi connectivity index (χ2n) is 4.61. The molecule has 1 amide bonds. The van der Waals surface area contributed by atoms with Crippen molar-refractivity contribution in [3.8, 4) is 0 Å². The summed E-state index contributed by atoms with van der Waals surface area (Å²) in [7, 11) is 0. The molecule has 0 spiro atoms. The van der Waals surface area contributed by atoms with Gasteiger partial charge in [-0.15, -0.1) is 0 Å². The molecule has 0 aromatic heterocycles. The first-order valence-corrected chi connectivity index (χ1v) is 6.40. The first kappa shape index (κ1) is 16.6. The molecule has 0 unspecified atom stereocenters. The maximum atomic E-state index is 11.9. The molecule has 1 rings (SSSR count). The molecule has 0 aliphatic rings. The molecule has 114 valence electrons. The lowest BCUT2D eigenvalue weighted by Gasteiger charge is -2.19. The Kier molecular flexibility index (Phi) is 6.35. The second kappa shape index (κ2) is 8.01. The smallest absolute Gasteiger partial charge is 0.317 e. The van der Waals surface area contributed by atoms with E-state index in [9.17, 15) is 14.4 Å². The molecule has 0 radical (unpaired) electrons. The Morgan fingerprint density at radius 3 is 2.33 bits per heavy atom. The Bertz CT molecular complexity index is 530. The van der Waals surface area contributed by atoms with Crippen LogP contribution in [0.3, 0.4) is 0 Å². The number of carbonyl (C=O) groups is 3. The molecule has 7 nitrogen and oxygen atoms in total. The highest BCUT2D eigenvalue weighted by Gasteiger charge is 2.15. The van der Waals surface area contributed by atoms with Crippen molar-refractivity contribution < 1.29 is 24.6 Å². The summed E-state index contributed by atoms with van der Waals surface area (Å²) in [5.74, 6) is -2.52. The maximum absolute atomic E-state index is 11.9. The van der Waals surface area contributed by atoms with Crippen molar-refractivity contribution in [3.63, 3.8) is 0 Å². The Hall–Kier alpha value is -2.41. The van der Waals surface area contributed by atoms with E-state index in [0.29, 0.717) is 5.69 Å². The Labute approximate surface area is 122 Å². The zero-order valence-electron chi connectivity index (χ0n) is 11.7. The summed E-state index contributed by atoms with van der Waals surface area (Å²) in [6.45, 7) is 1.29. The Balaban J connectivity index is 2.60. The van der Waals surface area contributed by atoms with Crippen LogP contribution < -0.4 is 5.32 Å². The van der Waals surface area contributed by atoms with Gasteiger partial charge in [0.1, 0.15) is 0 Å². The first-order valence-electron chi connectivity index (χ1n) is 6.40. The number of para-hydroxylation sites is 1. The van der Waals surface area contributed by atoms with Crippen LogP contribution in [0.2, 0.25) is 0 Å². The van der Waals surface area contributed by atoms with Crippen molar-refractivity contribution in [1.29, 1.82) is 0 Å². The van der Waals surface area contributed by atoms with E-state index in [2.05, 4.69) is 5.32 Å². The van der Waals surface area contributed by atoms with Crippen LogP contribution in [0.25, 0.3) is 0 Å². The van der Waals surface area contributed by atoms with E-state index in [4.69, 9.17) is 10.2 Å². The lowest BCUT2D eigenvalue weighted by atomic mass is 10.2. The van der Waals surface area contributed by atoms with Crippen LogP contribution in [0.4, 0.5) is 5.69 Å².